The van der Waals surface area contributed by atoms with Crippen molar-refractivity contribution in [1.29, 1.82) is 0 Å². The van der Waals surface area contributed by atoms with Crippen molar-refractivity contribution in [3.63, 3.8) is 0 Å². The van der Waals surface area contributed by atoms with Crippen molar-refractivity contribution in [2.45, 2.75) is 62.7 Å². The van der Waals surface area contributed by atoms with Crippen LogP contribution in [0.1, 0.15) is 90.8 Å². The molecule has 1 spiro atoms. The molecular weight excluding hydrogens is 797 g/mol. The molecule has 0 radical (unpaired) electrons. The van der Waals surface area contributed by atoms with Crippen LogP contribution < -0.4 is 9.80 Å². The molecule has 13 rings (SSSR count). The van der Waals surface area contributed by atoms with Gasteiger partial charge in [-0.1, -0.05) is 179 Å². The molecule has 0 bridgehead atoms. The molecule has 0 aromatic heterocycles. The topological polar surface area (TPSA) is 6.48 Å². The van der Waals surface area contributed by atoms with Crippen LogP contribution in [0.5, 0.6) is 0 Å². The van der Waals surface area contributed by atoms with E-state index in [4.69, 9.17) is 0 Å². The molecule has 1 unspecified atom stereocenters. The minimum absolute atomic E-state index is 0.118. The Balaban J connectivity index is 1.04. The van der Waals surface area contributed by atoms with Crippen LogP contribution in [-0.4, -0.2) is 0 Å². The lowest BCUT2D eigenvalue weighted by molar-refractivity contribution is 0.444. The molecule has 0 saturated heterocycles. The van der Waals surface area contributed by atoms with E-state index < -0.39 is 5.41 Å². The van der Waals surface area contributed by atoms with E-state index in [1.54, 1.807) is 0 Å². The van der Waals surface area contributed by atoms with Gasteiger partial charge in [-0.3, -0.25) is 0 Å². The standard InChI is InChI=1S/C64H52N2/c1-63(2)56-30-16-12-27-50(56)53-37-34-46(40-59(53)63)65(44-22-8-4-9-23-44)47-35-38-54-51-28-13-17-31-57(51)64(60(54)41-47)58-32-18-14-29-52(58)55-39-36-48(42-61(55)64)66(45-24-10-5-11-25-45)62-33-19-15-26-49(62)43-20-6-3-7-21-43/h4-5,8-19,22-43H,3,6-7,20-21H2,1-2H3. The number of anilines is 6. The van der Waals surface area contributed by atoms with Gasteiger partial charge in [0.2, 0.25) is 0 Å². The fourth-order valence-electron chi connectivity index (χ4n) is 12.7. The van der Waals surface area contributed by atoms with Crippen LogP contribution in [0.2, 0.25) is 0 Å². The van der Waals surface area contributed by atoms with E-state index in [1.807, 2.05) is 0 Å². The fourth-order valence-corrected chi connectivity index (χ4v) is 12.7. The van der Waals surface area contributed by atoms with Crippen molar-refractivity contribution in [3.8, 4) is 33.4 Å². The largest absolute Gasteiger partial charge is 0.310 e. The van der Waals surface area contributed by atoms with E-state index in [0.29, 0.717) is 5.92 Å². The molecule has 9 aromatic carbocycles. The number of fused-ring (bicyclic) bond motifs is 13. The third-order valence-electron chi connectivity index (χ3n) is 15.6. The number of nitrogens with zero attached hydrogens (tertiary/aromatic N) is 2. The summed E-state index contributed by atoms with van der Waals surface area (Å²) in [4.78, 5) is 5.03. The van der Waals surface area contributed by atoms with Crippen LogP contribution in [0.3, 0.4) is 0 Å². The Morgan fingerprint density at radius 3 is 1.32 bits per heavy atom. The average Bonchev–Trinajstić information content (AvgIpc) is 3.93. The van der Waals surface area contributed by atoms with Crippen molar-refractivity contribution in [2.24, 2.45) is 0 Å². The van der Waals surface area contributed by atoms with Gasteiger partial charge in [0.25, 0.3) is 0 Å². The molecule has 0 heterocycles. The summed E-state index contributed by atoms with van der Waals surface area (Å²) in [6.07, 6.45) is 6.42. The summed E-state index contributed by atoms with van der Waals surface area (Å²) in [7, 11) is 0. The Hall–Kier alpha value is -7.42. The second-order valence-electron chi connectivity index (χ2n) is 19.4. The molecule has 4 aliphatic rings. The highest BCUT2D eigenvalue weighted by molar-refractivity contribution is 5.98. The molecule has 1 atom stereocenters. The van der Waals surface area contributed by atoms with Crippen LogP contribution >= 0.6 is 0 Å². The molecule has 66 heavy (non-hydrogen) atoms. The quantitative estimate of drug-likeness (QED) is 0.158. The Morgan fingerprint density at radius 2 is 0.742 bits per heavy atom. The number of benzene rings is 9. The highest BCUT2D eigenvalue weighted by atomic mass is 15.1. The van der Waals surface area contributed by atoms with Gasteiger partial charge >= 0.3 is 0 Å². The zero-order valence-electron chi connectivity index (χ0n) is 37.7. The van der Waals surface area contributed by atoms with Gasteiger partial charge in [-0.25, -0.2) is 0 Å². The minimum atomic E-state index is -0.543. The summed E-state index contributed by atoms with van der Waals surface area (Å²) in [6, 6.07) is 80.4. The Labute approximate surface area is 389 Å². The molecule has 1 saturated carbocycles. The summed E-state index contributed by atoms with van der Waals surface area (Å²) in [6.45, 7) is 4.75. The number of hydrogen-bond donors (Lipinski definition) is 0. The van der Waals surface area contributed by atoms with E-state index in [-0.39, 0.29) is 5.41 Å². The molecule has 9 aromatic rings. The first kappa shape index (κ1) is 39.0. The Bertz CT molecular complexity index is 3330. The maximum Gasteiger partial charge on any atom is 0.0727 e. The highest BCUT2D eigenvalue weighted by Gasteiger charge is 2.52. The zero-order chi connectivity index (χ0) is 44.0. The highest BCUT2D eigenvalue weighted by Crippen LogP contribution is 2.64. The summed E-state index contributed by atoms with van der Waals surface area (Å²) in [5.74, 6) is 0.554. The van der Waals surface area contributed by atoms with Crippen LogP contribution in [0.25, 0.3) is 33.4 Å². The van der Waals surface area contributed by atoms with Gasteiger partial charge in [-0.05, 0) is 158 Å². The van der Waals surface area contributed by atoms with Crippen LogP contribution in [0.4, 0.5) is 34.1 Å². The van der Waals surface area contributed by atoms with Gasteiger partial charge in [0.05, 0.1) is 5.41 Å². The normalized spacial score (nSPS) is 17.1. The minimum Gasteiger partial charge on any atom is -0.310 e. The molecule has 4 aliphatic carbocycles. The van der Waals surface area contributed by atoms with Crippen LogP contribution in [0.15, 0.2) is 212 Å². The van der Waals surface area contributed by atoms with Crippen LogP contribution in [0, 0.1) is 0 Å². The molecule has 0 N–H and O–H groups in total. The number of para-hydroxylation sites is 3. The van der Waals surface area contributed by atoms with E-state index in [2.05, 4.69) is 236 Å². The smallest absolute Gasteiger partial charge is 0.0727 e. The van der Waals surface area contributed by atoms with Gasteiger partial charge in [-0.15, -0.1) is 0 Å². The van der Waals surface area contributed by atoms with Gasteiger partial charge in [0.1, 0.15) is 0 Å². The molecule has 318 valence electrons. The first-order valence-corrected chi connectivity index (χ1v) is 24.0. The molecule has 1 fully saturated rings. The number of rotatable bonds is 7. The molecule has 2 heteroatoms. The van der Waals surface area contributed by atoms with Crippen molar-refractivity contribution in [3.05, 3.63) is 251 Å². The van der Waals surface area contributed by atoms with Crippen molar-refractivity contribution >= 4 is 34.1 Å². The van der Waals surface area contributed by atoms with E-state index in [0.717, 1.165) is 17.1 Å². The van der Waals surface area contributed by atoms with Crippen molar-refractivity contribution in [1.82, 2.24) is 0 Å². The second kappa shape index (κ2) is 15.1. The third kappa shape index (κ3) is 5.67. The Morgan fingerprint density at radius 1 is 0.333 bits per heavy atom. The predicted molar refractivity (Wildman–Crippen MR) is 275 cm³/mol. The van der Waals surface area contributed by atoms with E-state index >= 15 is 0 Å². The maximum atomic E-state index is 2.55. The zero-order valence-corrected chi connectivity index (χ0v) is 37.7. The SMILES string of the molecule is CC1(C)c2ccccc2-c2ccc(N(c3ccccc3)c3ccc4c(c3)C3(c5ccccc5-4)c4ccccc4-c4ccc(N(c5ccccc5)c5ccccc5C5CCCCC5)cc43)cc21. The summed E-state index contributed by atoms with van der Waals surface area (Å²) in [5, 5.41) is 0. The molecule has 0 amide bonds. The summed E-state index contributed by atoms with van der Waals surface area (Å²) >= 11 is 0. The number of hydrogen-bond acceptors (Lipinski definition) is 2. The summed E-state index contributed by atoms with van der Waals surface area (Å²) < 4.78 is 0. The maximum absolute atomic E-state index is 2.55. The van der Waals surface area contributed by atoms with Gasteiger partial charge in [0.15, 0.2) is 0 Å². The predicted octanol–water partition coefficient (Wildman–Crippen LogP) is 17.3. The van der Waals surface area contributed by atoms with Crippen molar-refractivity contribution < 1.29 is 0 Å². The van der Waals surface area contributed by atoms with E-state index in [1.165, 1.54) is 121 Å². The second-order valence-corrected chi connectivity index (χ2v) is 19.4. The molecule has 0 aliphatic heterocycles. The third-order valence-corrected chi connectivity index (χ3v) is 15.6. The summed E-state index contributed by atoms with van der Waals surface area (Å²) in [5.41, 5.74) is 23.9. The lowest BCUT2D eigenvalue weighted by atomic mass is 9.70. The lowest BCUT2D eigenvalue weighted by Gasteiger charge is -2.34. The van der Waals surface area contributed by atoms with Crippen LogP contribution in [-0.2, 0) is 10.8 Å². The first-order chi connectivity index (χ1) is 32.5. The fraction of sp³-hybridized carbons (Fsp3) is 0.156. The average molecular weight is 849 g/mol. The molecular formula is C64H52N2. The first-order valence-electron chi connectivity index (χ1n) is 24.0. The van der Waals surface area contributed by atoms with Gasteiger partial charge in [0, 0.05) is 39.5 Å². The molecule has 2 nitrogen and oxygen atoms in total. The van der Waals surface area contributed by atoms with Gasteiger partial charge < -0.3 is 9.80 Å². The monoisotopic (exact) mass is 848 g/mol. The lowest BCUT2D eigenvalue weighted by Crippen LogP contribution is -2.26. The van der Waals surface area contributed by atoms with Gasteiger partial charge in [-0.2, -0.15) is 0 Å². The van der Waals surface area contributed by atoms with E-state index in [9.17, 15) is 0 Å². The van der Waals surface area contributed by atoms with Crippen molar-refractivity contribution in [2.75, 3.05) is 9.80 Å². The Kier molecular flexibility index (Phi) is 8.90.